The van der Waals surface area contributed by atoms with Gasteiger partial charge in [0.05, 0.1) is 7.11 Å². The highest BCUT2D eigenvalue weighted by Gasteiger charge is 2.05. The number of carbonyl (C=O) groups is 1. The molecule has 0 spiro atoms. The SMILES string of the molecule is COc1ccc(/C=C/C(=O)Cl)cc1COc1ccc(Br)cc1. The lowest BCUT2D eigenvalue weighted by Gasteiger charge is -2.11. The monoisotopic (exact) mass is 380 g/mol. The van der Waals surface area contributed by atoms with Gasteiger partial charge in [-0.3, -0.25) is 4.79 Å². The highest BCUT2D eigenvalue weighted by Crippen LogP contribution is 2.23. The van der Waals surface area contributed by atoms with E-state index in [1.807, 2.05) is 42.5 Å². The summed E-state index contributed by atoms with van der Waals surface area (Å²) >= 11 is 8.68. The highest BCUT2D eigenvalue weighted by atomic mass is 79.9. The van der Waals surface area contributed by atoms with Gasteiger partial charge in [0, 0.05) is 10.0 Å². The van der Waals surface area contributed by atoms with Crippen LogP contribution in [0.1, 0.15) is 11.1 Å². The molecule has 0 bridgehead atoms. The number of ether oxygens (including phenoxy) is 2. The zero-order chi connectivity index (χ0) is 15.9. The minimum Gasteiger partial charge on any atom is -0.496 e. The van der Waals surface area contributed by atoms with Gasteiger partial charge in [-0.15, -0.1) is 0 Å². The molecule has 0 fully saturated rings. The molecule has 0 amide bonds. The highest BCUT2D eigenvalue weighted by molar-refractivity contribution is 9.10. The van der Waals surface area contributed by atoms with Crippen LogP contribution in [0.5, 0.6) is 11.5 Å². The van der Waals surface area contributed by atoms with Crippen molar-refractivity contribution in [1.29, 1.82) is 0 Å². The average molecular weight is 382 g/mol. The summed E-state index contributed by atoms with van der Waals surface area (Å²) in [5.41, 5.74) is 1.73. The zero-order valence-corrected chi connectivity index (χ0v) is 14.2. The summed E-state index contributed by atoms with van der Waals surface area (Å²) in [4.78, 5) is 10.8. The minimum atomic E-state index is -0.511. The van der Waals surface area contributed by atoms with Crippen LogP contribution in [0.15, 0.2) is 53.0 Å². The van der Waals surface area contributed by atoms with Crippen LogP contribution in [0, 0.1) is 0 Å². The molecule has 22 heavy (non-hydrogen) atoms. The number of hydrogen-bond acceptors (Lipinski definition) is 3. The third kappa shape index (κ3) is 4.90. The Hall–Kier alpha value is -1.78. The molecular weight excluding hydrogens is 368 g/mol. The topological polar surface area (TPSA) is 35.5 Å². The number of methoxy groups -OCH3 is 1. The minimum absolute atomic E-state index is 0.362. The van der Waals surface area contributed by atoms with Crippen molar-refractivity contribution in [3.63, 3.8) is 0 Å². The predicted octanol–water partition coefficient (Wildman–Crippen LogP) is 4.82. The molecule has 2 aromatic rings. The van der Waals surface area contributed by atoms with Gasteiger partial charge >= 0.3 is 0 Å². The van der Waals surface area contributed by atoms with Gasteiger partial charge < -0.3 is 9.47 Å². The van der Waals surface area contributed by atoms with Crippen molar-refractivity contribution in [2.24, 2.45) is 0 Å². The Morgan fingerprint density at radius 3 is 2.59 bits per heavy atom. The van der Waals surface area contributed by atoms with Gasteiger partial charge in [0.2, 0.25) is 5.24 Å². The van der Waals surface area contributed by atoms with Crippen molar-refractivity contribution in [2.75, 3.05) is 7.11 Å². The lowest BCUT2D eigenvalue weighted by Crippen LogP contribution is -1.99. The van der Waals surface area contributed by atoms with Crippen LogP contribution in [0.4, 0.5) is 0 Å². The van der Waals surface area contributed by atoms with E-state index in [0.29, 0.717) is 6.61 Å². The van der Waals surface area contributed by atoms with Gasteiger partial charge in [0.1, 0.15) is 18.1 Å². The van der Waals surface area contributed by atoms with E-state index in [2.05, 4.69) is 15.9 Å². The van der Waals surface area contributed by atoms with Crippen LogP contribution in [0.3, 0.4) is 0 Å². The molecule has 114 valence electrons. The third-order valence-corrected chi connectivity index (χ3v) is 3.57. The van der Waals surface area contributed by atoms with Crippen molar-refractivity contribution in [2.45, 2.75) is 6.61 Å². The zero-order valence-electron chi connectivity index (χ0n) is 11.9. The second kappa shape index (κ2) is 8.01. The molecule has 0 unspecified atom stereocenters. The first-order chi connectivity index (χ1) is 10.6. The largest absolute Gasteiger partial charge is 0.496 e. The van der Waals surface area contributed by atoms with Crippen LogP contribution >= 0.6 is 27.5 Å². The molecule has 0 saturated heterocycles. The molecule has 2 aromatic carbocycles. The van der Waals surface area contributed by atoms with E-state index in [-0.39, 0.29) is 0 Å². The fourth-order valence-electron chi connectivity index (χ4n) is 1.87. The molecule has 5 heteroatoms. The van der Waals surface area contributed by atoms with Crippen molar-refractivity contribution >= 4 is 38.8 Å². The molecule has 0 aliphatic heterocycles. The first-order valence-electron chi connectivity index (χ1n) is 6.51. The van der Waals surface area contributed by atoms with E-state index in [1.165, 1.54) is 6.08 Å². The van der Waals surface area contributed by atoms with Crippen LogP contribution in [-0.4, -0.2) is 12.4 Å². The second-order valence-corrected chi connectivity index (χ2v) is 5.74. The van der Waals surface area contributed by atoms with E-state index in [9.17, 15) is 4.79 Å². The summed E-state index contributed by atoms with van der Waals surface area (Å²) in [7, 11) is 1.61. The summed E-state index contributed by atoms with van der Waals surface area (Å²) in [6, 6.07) is 13.2. The summed E-state index contributed by atoms with van der Waals surface area (Å²) in [5, 5.41) is -0.511. The molecule has 0 heterocycles. The molecule has 0 radical (unpaired) electrons. The number of hydrogen-bond donors (Lipinski definition) is 0. The van der Waals surface area contributed by atoms with Gasteiger partial charge in [0.25, 0.3) is 0 Å². The molecule has 3 nitrogen and oxygen atoms in total. The van der Waals surface area contributed by atoms with E-state index in [4.69, 9.17) is 21.1 Å². The molecule has 0 aliphatic rings. The molecule has 0 aromatic heterocycles. The number of halogens is 2. The summed E-state index contributed by atoms with van der Waals surface area (Å²) in [6.07, 6.45) is 2.96. The van der Waals surface area contributed by atoms with Crippen molar-refractivity contribution in [3.05, 3.63) is 64.1 Å². The summed E-state index contributed by atoms with van der Waals surface area (Å²) in [5.74, 6) is 1.49. The van der Waals surface area contributed by atoms with Crippen LogP contribution in [-0.2, 0) is 11.4 Å². The Morgan fingerprint density at radius 2 is 1.95 bits per heavy atom. The maximum Gasteiger partial charge on any atom is 0.245 e. The van der Waals surface area contributed by atoms with Crippen molar-refractivity contribution in [3.8, 4) is 11.5 Å². The predicted molar refractivity (Wildman–Crippen MR) is 91.4 cm³/mol. The van der Waals surface area contributed by atoms with E-state index >= 15 is 0 Å². The van der Waals surface area contributed by atoms with Gasteiger partial charge in [-0.05, 0) is 59.6 Å². The van der Waals surface area contributed by atoms with E-state index in [0.717, 1.165) is 27.1 Å². The summed E-state index contributed by atoms with van der Waals surface area (Å²) in [6.45, 7) is 0.362. The van der Waals surface area contributed by atoms with Crippen LogP contribution in [0.2, 0.25) is 0 Å². The maximum atomic E-state index is 10.8. The van der Waals surface area contributed by atoms with Gasteiger partial charge in [-0.2, -0.15) is 0 Å². The Labute approximate surface area is 142 Å². The molecule has 0 N–H and O–H groups in total. The quantitative estimate of drug-likeness (QED) is 0.532. The van der Waals surface area contributed by atoms with Crippen molar-refractivity contribution < 1.29 is 14.3 Å². The van der Waals surface area contributed by atoms with Gasteiger partial charge in [-0.1, -0.05) is 28.1 Å². The standard InChI is InChI=1S/C17H14BrClO3/c1-21-16-8-2-12(3-9-17(19)20)10-13(16)11-22-15-6-4-14(18)5-7-15/h2-10H,11H2,1H3/b9-3+. The Bertz CT molecular complexity index is 681. The first kappa shape index (κ1) is 16.6. The molecular formula is C17H14BrClO3. The van der Waals surface area contributed by atoms with Crippen molar-refractivity contribution in [1.82, 2.24) is 0 Å². The van der Waals surface area contributed by atoms with Crippen LogP contribution < -0.4 is 9.47 Å². The Kier molecular flexibility index (Phi) is 6.04. The molecule has 0 aliphatic carbocycles. The average Bonchev–Trinajstić information content (AvgIpc) is 2.52. The number of allylic oxidation sites excluding steroid dienone is 1. The number of rotatable bonds is 6. The maximum absolute atomic E-state index is 10.8. The molecule has 2 rings (SSSR count). The van der Waals surface area contributed by atoms with Gasteiger partial charge in [0.15, 0.2) is 0 Å². The lowest BCUT2D eigenvalue weighted by atomic mass is 10.1. The van der Waals surface area contributed by atoms with Gasteiger partial charge in [-0.25, -0.2) is 0 Å². The number of benzene rings is 2. The summed E-state index contributed by atoms with van der Waals surface area (Å²) < 4.78 is 12.1. The van der Waals surface area contributed by atoms with E-state index < -0.39 is 5.24 Å². The Balaban J connectivity index is 2.15. The third-order valence-electron chi connectivity index (χ3n) is 2.92. The van der Waals surface area contributed by atoms with E-state index in [1.54, 1.807) is 13.2 Å². The second-order valence-electron chi connectivity index (χ2n) is 4.45. The molecule has 0 atom stereocenters. The normalized spacial score (nSPS) is 10.7. The fraction of sp³-hybridized carbons (Fsp3) is 0.118. The number of carbonyl (C=O) groups excluding carboxylic acids is 1. The smallest absolute Gasteiger partial charge is 0.245 e. The van der Waals surface area contributed by atoms with Crippen LogP contribution in [0.25, 0.3) is 6.08 Å². The lowest BCUT2D eigenvalue weighted by molar-refractivity contribution is -0.107. The fourth-order valence-corrected chi connectivity index (χ4v) is 2.20. The first-order valence-corrected chi connectivity index (χ1v) is 7.68. The Morgan fingerprint density at radius 1 is 1.23 bits per heavy atom. The molecule has 0 saturated carbocycles.